The van der Waals surface area contributed by atoms with Gasteiger partial charge in [-0.05, 0) is 30.3 Å². The van der Waals surface area contributed by atoms with Crippen molar-refractivity contribution in [3.05, 3.63) is 63.6 Å². The first-order chi connectivity index (χ1) is 9.13. The lowest BCUT2D eigenvalue weighted by Crippen LogP contribution is -2.23. The molecule has 0 spiro atoms. The Kier molecular flexibility index (Phi) is 4.75. The van der Waals surface area contributed by atoms with Crippen molar-refractivity contribution >= 4 is 23.2 Å². The van der Waals surface area contributed by atoms with E-state index in [2.05, 4.69) is 10.3 Å². The van der Waals surface area contributed by atoms with Gasteiger partial charge in [-0.3, -0.25) is 4.98 Å². The number of aromatic nitrogens is 1. The number of nitrogens with zero attached hydrogens (tertiary/aromatic N) is 1. The standard InChI is InChI=1S/C14H13Cl2FN2/c1-2-19-14(11-5-6-18-8-13(11)17)10-4-3-9(15)7-12(10)16/h3-8,14,19H,2H2,1H3. The fraction of sp³-hybridized carbons (Fsp3) is 0.214. The molecular weight excluding hydrogens is 286 g/mol. The Labute approximate surface area is 121 Å². The summed E-state index contributed by atoms with van der Waals surface area (Å²) in [7, 11) is 0. The summed E-state index contributed by atoms with van der Waals surface area (Å²) in [6.45, 7) is 2.64. The van der Waals surface area contributed by atoms with E-state index in [1.807, 2.05) is 6.92 Å². The quantitative estimate of drug-likeness (QED) is 0.914. The molecule has 1 aromatic carbocycles. The Morgan fingerprint density at radius 1 is 1.26 bits per heavy atom. The molecule has 5 heteroatoms. The number of benzene rings is 1. The van der Waals surface area contributed by atoms with Crippen LogP contribution in [-0.4, -0.2) is 11.5 Å². The van der Waals surface area contributed by atoms with E-state index >= 15 is 0 Å². The molecule has 1 aromatic heterocycles. The second-order valence-electron chi connectivity index (χ2n) is 4.05. The molecule has 0 aliphatic heterocycles. The van der Waals surface area contributed by atoms with Crippen LogP contribution >= 0.6 is 23.2 Å². The van der Waals surface area contributed by atoms with E-state index in [1.165, 1.54) is 6.20 Å². The third-order valence-corrected chi connectivity index (χ3v) is 3.36. The first-order valence-corrected chi connectivity index (χ1v) is 6.66. The summed E-state index contributed by atoms with van der Waals surface area (Å²) in [5, 5.41) is 4.28. The van der Waals surface area contributed by atoms with Crippen LogP contribution in [0, 0.1) is 5.82 Å². The molecule has 0 saturated carbocycles. The number of halogens is 3. The highest BCUT2D eigenvalue weighted by Gasteiger charge is 2.19. The van der Waals surface area contributed by atoms with Gasteiger partial charge in [-0.1, -0.05) is 36.2 Å². The van der Waals surface area contributed by atoms with Gasteiger partial charge in [0.2, 0.25) is 0 Å². The van der Waals surface area contributed by atoms with Crippen LogP contribution in [0.3, 0.4) is 0 Å². The fourth-order valence-corrected chi connectivity index (χ4v) is 2.46. The van der Waals surface area contributed by atoms with Gasteiger partial charge in [-0.15, -0.1) is 0 Å². The zero-order valence-corrected chi connectivity index (χ0v) is 11.8. The predicted octanol–water partition coefficient (Wildman–Crippen LogP) is 4.23. The van der Waals surface area contributed by atoms with Gasteiger partial charge in [-0.25, -0.2) is 4.39 Å². The van der Waals surface area contributed by atoms with Crippen LogP contribution in [0.15, 0.2) is 36.7 Å². The molecule has 1 heterocycles. The zero-order chi connectivity index (χ0) is 13.8. The SMILES string of the molecule is CCNC(c1ccncc1F)c1ccc(Cl)cc1Cl. The number of hydrogen-bond acceptors (Lipinski definition) is 2. The lowest BCUT2D eigenvalue weighted by atomic mass is 9.99. The van der Waals surface area contributed by atoms with Crippen molar-refractivity contribution in [3.63, 3.8) is 0 Å². The van der Waals surface area contributed by atoms with Gasteiger partial charge in [0.25, 0.3) is 0 Å². The minimum Gasteiger partial charge on any atom is -0.306 e. The first kappa shape index (κ1) is 14.3. The van der Waals surface area contributed by atoms with Crippen molar-refractivity contribution in [3.8, 4) is 0 Å². The van der Waals surface area contributed by atoms with Crippen LogP contribution in [-0.2, 0) is 0 Å². The minimum absolute atomic E-state index is 0.322. The maximum atomic E-state index is 13.9. The van der Waals surface area contributed by atoms with Crippen molar-refractivity contribution in [2.45, 2.75) is 13.0 Å². The smallest absolute Gasteiger partial charge is 0.146 e. The highest BCUT2D eigenvalue weighted by atomic mass is 35.5. The third kappa shape index (κ3) is 3.24. The first-order valence-electron chi connectivity index (χ1n) is 5.91. The second kappa shape index (κ2) is 6.33. The molecule has 0 amide bonds. The molecule has 2 nitrogen and oxygen atoms in total. The van der Waals surface area contributed by atoms with Gasteiger partial charge < -0.3 is 5.32 Å². The van der Waals surface area contributed by atoms with Crippen molar-refractivity contribution < 1.29 is 4.39 Å². The van der Waals surface area contributed by atoms with Crippen molar-refractivity contribution in [2.24, 2.45) is 0 Å². The van der Waals surface area contributed by atoms with Gasteiger partial charge in [0.1, 0.15) is 5.82 Å². The summed E-state index contributed by atoms with van der Waals surface area (Å²) >= 11 is 12.1. The molecule has 1 atom stereocenters. The molecule has 2 rings (SSSR count). The summed E-state index contributed by atoms with van der Waals surface area (Å²) < 4.78 is 13.9. The van der Waals surface area contributed by atoms with E-state index in [4.69, 9.17) is 23.2 Å². The number of hydrogen-bond donors (Lipinski definition) is 1. The minimum atomic E-state index is -0.362. The van der Waals surface area contributed by atoms with Crippen LogP contribution < -0.4 is 5.32 Å². The second-order valence-corrected chi connectivity index (χ2v) is 4.90. The Hall–Kier alpha value is -1.16. The number of pyridine rings is 1. The van der Waals surface area contributed by atoms with E-state index in [-0.39, 0.29) is 11.9 Å². The van der Waals surface area contributed by atoms with Crippen molar-refractivity contribution in [2.75, 3.05) is 6.54 Å². The zero-order valence-electron chi connectivity index (χ0n) is 10.3. The van der Waals surface area contributed by atoms with Gasteiger partial charge >= 0.3 is 0 Å². The van der Waals surface area contributed by atoms with E-state index < -0.39 is 0 Å². The molecule has 1 unspecified atom stereocenters. The van der Waals surface area contributed by atoms with Crippen LogP contribution in [0.5, 0.6) is 0 Å². The molecule has 100 valence electrons. The fourth-order valence-electron chi connectivity index (χ4n) is 1.95. The normalized spacial score (nSPS) is 12.4. The van der Waals surface area contributed by atoms with E-state index in [0.717, 1.165) is 5.56 Å². The summed E-state index contributed by atoms with van der Waals surface area (Å²) in [4.78, 5) is 3.76. The van der Waals surface area contributed by atoms with Crippen molar-refractivity contribution in [1.82, 2.24) is 10.3 Å². The van der Waals surface area contributed by atoms with Gasteiger partial charge in [-0.2, -0.15) is 0 Å². The average Bonchev–Trinajstić information content (AvgIpc) is 2.38. The van der Waals surface area contributed by atoms with Crippen LogP contribution in [0.25, 0.3) is 0 Å². The molecule has 0 saturated heterocycles. The molecule has 2 aromatic rings. The van der Waals surface area contributed by atoms with Crippen molar-refractivity contribution in [1.29, 1.82) is 0 Å². The van der Waals surface area contributed by atoms with E-state index in [9.17, 15) is 4.39 Å². The monoisotopic (exact) mass is 298 g/mol. The Morgan fingerprint density at radius 2 is 2.05 bits per heavy atom. The number of rotatable bonds is 4. The molecule has 0 aliphatic carbocycles. The summed E-state index contributed by atoms with van der Waals surface area (Å²) in [5.74, 6) is -0.362. The average molecular weight is 299 g/mol. The molecule has 0 fully saturated rings. The Balaban J connectivity index is 2.48. The number of nitrogens with one attached hydrogen (secondary N) is 1. The highest BCUT2D eigenvalue weighted by molar-refractivity contribution is 6.35. The van der Waals surface area contributed by atoms with Crippen LogP contribution in [0.2, 0.25) is 10.0 Å². The van der Waals surface area contributed by atoms with Gasteiger partial charge in [0.15, 0.2) is 0 Å². The Bertz CT molecular complexity index is 575. The summed E-state index contributed by atoms with van der Waals surface area (Å²) in [5.41, 5.74) is 1.30. The van der Waals surface area contributed by atoms with E-state index in [0.29, 0.717) is 22.2 Å². The summed E-state index contributed by atoms with van der Waals surface area (Å²) in [6, 6.07) is 6.53. The highest BCUT2D eigenvalue weighted by Crippen LogP contribution is 2.31. The van der Waals surface area contributed by atoms with Gasteiger partial charge in [0, 0.05) is 21.8 Å². The maximum absolute atomic E-state index is 13.9. The largest absolute Gasteiger partial charge is 0.306 e. The molecule has 19 heavy (non-hydrogen) atoms. The lowest BCUT2D eigenvalue weighted by Gasteiger charge is -2.20. The molecule has 0 radical (unpaired) electrons. The lowest BCUT2D eigenvalue weighted by molar-refractivity contribution is 0.555. The molecule has 1 N–H and O–H groups in total. The third-order valence-electron chi connectivity index (χ3n) is 2.80. The topological polar surface area (TPSA) is 24.9 Å². The molecular formula is C14H13Cl2FN2. The molecule has 0 bridgehead atoms. The predicted molar refractivity (Wildman–Crippen MR) is 76.2 cm³/mol. The maximum Gasteiger partial charge on any atom is 0.146 e. The Morgan fingerprint density at radius 3 is 2.68 bits per heavy atom. The van der Waals surface area contributed by atoms with Gasteiger partial charge in [0.05, 0.1) is 12.2 Å². The van der Waals surface area contributed by atoms with Crippen LogP contribution in [0.1, 0.15) is 24.1 Å². The molecule has 0 aliphatic rings. The summed E-state index contributed by atoms with van der Waals surface area (Å²) in [6.07, 6.45) is 2.76. The van der Waals surface area contributed by atoms with E-state index in [1.54, 1.807) is 30.5 Å². The van der Waals surface area contributed by atoms with Crippen LogP contribution in [0.4, 0.5) is 4.39 Å².